The van der Waals surface area contributed by atoms with Crippen molar-refractivity contribution in [2.75, 3.05) is 6.54 Å². The summed E-state index contributed by atoms with van der Waals surface area (Å²) < 4.78 is 29.1. The molecule has 2 aromatic carbocycles. The summed E-state index contributed by atoms with van der Waals surface area (Å²) in [6, 6.07) is 13.5. The molecule has 29 heavy (non-hydrogen) atoms. The highest BCUT2D eigenvalue weighted by molar-refractivity contribution is 9.10. The third-order valence-electron chi connectivity index (χ3n) is 4.03. The Kier molecular flexibility index (Phi) is 6.85. The molecule has 0 aliphatic carbocycles. The van der Waals surface area contributed by atoms with Crippen LogP contribution in [0.25, 0.3) is 0 Å². The molecule has 0 atom stereocenters. The first-order chi connectivity index (χ1) is 13.7. The Bertz CT molecular complexity index is 1140. The second-order valence-electron chi connectivity index (χ2n) is 6.14. The van der Waals surface area contributed by atoms with E-state index in [4.69, 9.17) is 11.6 Å². The number of hydrogen-bond acceptors (Lipinski definition) is 5. The van der Waals surface area contributed by atoms with Crippen LogP contribution in [0.15, 0.2) is 67.7 Å². The van der Waals surface area contributed by atoms with E-state index in [0.717, 1.165) is 14.3 Å². The molecule has 1 N–H and O–H groups in total. The van der Waals surface area contributed by atoms with Gasteiger partial charge in [0.1, 0.15) is 0 Å². The van der Waals surface area contributed by atoms with Crippen molar-refractivity contribution in [3.05, 3.63) is 69.4 Å². The van der Waals surface area contributed by atoms with Gasteiger partial charge < -0.3 is 0 Å². The van der Waals surface area contributed by atoms with Gasteiger partial charge in [0.15, 0.2) is 0 Å². The van der Waals surface area contributed by atoms with Gasteiger partial charge in [-0.3, -0.25) is 4.79 Å². The second kappa shape index (κ2) is 9.01. The molecule has 152 valence electrons. The zero-order valence-corrected chi connectivity index (χ0v) is 19.5. The van der Waals surface area contributed by atoms with Crippen LogP contribution in [0.1, 0.15) is 16.2 Å². The number of carbonyl (C=O) groups excluding carboxylic acids is 1. The Morgan fingerprint density at radius 2 is 1.76 bits per heavy atom. The van der Waals surface area contributed by atoms with E-state index in [0.29, 0.717) is 16.4 Å². The van der Waals surface area contributed by atoms with Crippen molar-refractivity contribution in [2.24, 2.45) is 0 Å². The molecule has 0 unspecified atom stereocenters. The molecule has 10 heteroatoms. The van der Waals surface area contributed by atoms with Crippen LogP contribution in [-0.2, 0) is 10.0 Å². The van der Waals surface area contributed by atoms with E-state index in [1.54, 1.807) is 38.1 Å². The van der Waals surface area contributed by atoms with E-state index in [1.807, 2.05) is 12.1 Å². The smallest absolute Gasteiger partial charge is 0.262 e. The highest BCUT2D eigenvalue weighted by Gasteiger charge is 2.20. The van der Waals surface area contributed by atoms with Crippen LogP contribution in [0.4, 0.5) is 0 Å². The number of nitrogens with zero attached hydrogens (tertiary/aromatic N) is 2. The SMILES string of the molecule is Cc1nn(C(=O)CNS(=O)(=O)c2ccc(Br)cc2)c(C)c1Sc1ccc(Cl)cc1. The van der Waals surface area contributed by atoms with Gasteiger partial charge in [0, 0.05) is 14.4 Å². The summed E-state index contributed by atoms with van der Waals surface area (Å²) in [5, 5.41) is 4.93. The maximum Gasteiger partial charge on any atom is 0.262 e. The summed E-state index contributed by atoms with van der Waals surface area (Å²) in [6.45, 7) is 3.19. The van der Waals surface area contributed by atoms with Crippen molar-refractivity contribution in [3.8, 4) is 0 Å². The number of sulfonamides is 1. The van der Waals surface area contributed by atoms with Gasteiger partial charge in [-0.15, -0.1) is 0 Å². The standard InChI is InChI=1S/C19H17BrClN3O3S2/c1-12-19(28-16-7-5-15(21)6-8-16)13(2)24(23-12)18(25)11-22-29(26,27)17-9-3-14(20)4-10-17/h3-10,22H,11H2,1-2H3. The minimum Gasteiger partial charge on any atom is -0.271 e. The summed E-state index contributed by atoms with van der Waals surface area (Å²) in [4.78, 5) is 14.5. The van der Waals surface area contributed by atoms with Crippen LogP contribution < -0.4 is 4.72 Å². The molecule has 1 heterocycles. The number of nitrogens with one attached hydrogen (secondary N) is 1. The average Bonchev–Trinajstić information content (AvgIpc) is 2.96. The zero-order valence-electron chi connectivity index (χ0n) is 15.5. The Labute approximate surface area is 186 Å². The first-order valence-corrected chi connectivity index (χ1v) is 11.9. The van der Waals surface area contributed by atoms with E-state index >= 15 is 0 Å². The van der Waals surface area contributed by atoms with Crippen molar-refractivity contribution in [2.45, 2.75) is 28.5 Å². The number of aryl methyl sites for hydroxylation is 1. The lowest BCUT2D eigenvalue weighted by atomic mass is 10.4. The van der Waals surface area contributed by atoms with Crippen molar-refractivity contribution >= 4 is 55.2 Å². The Morgan fingerprint density at radius 3 is 2.38 bits per heavy atom. The van der Waals surface area contributed by atoms with E-state index < -0.39 is 22.5 Å². The van der Waals surface area contributed by atoms with Crippen LogP contribution in [0.2, 0.25) is 5.02 Å². The minimum absolute atomic E-state index is 0.0841. The van der Waals surface area contributed by atoms with Gasteiger partial charge in [0.25, 0.3) is 5.91 Å². The summed E-state index contributed by atoms with van der Waals surface area (Å²) in [5.74, 6) is -0.464. The Hall–Kier alpha value is -1.65. The number of benzene rings is 2. The monoisotopic (exact) mass is 513 g/mol. The second-order valence-corrected chi connectivity index (χ2v) is 10.3. The number of aromatic nitrogens is 2. The van der Waals surface area contributed by atoms with Gasteiger partial charge in [0.05, 0.1) is 27.7 Å². The molecule has 0 saturated carbocycles. The predicted molar refractivity (Wildman–Crippen MR) is 117 cm³/mol. The van der Waals surface area contributed by atoms with Crippen molar-refractivity contribution in [1.82, 2.24) is 14.5 Å². The molecule has 6 nitrogen and oxygen atoms in total. The van der Waals surface area contributed by atoms with E-state index in [9.17, 15) is 13.2 Å². The Balaban J connectivity index is 1.74. The molecule has 0 amide bonds. The maximum atomic E-state index is 12.6. The number of rotatable bonds is 6. The van der Waals surface area contributed by atoms with Gasteiger partial charge in [-0.05, 0) is 62.4 Å². The molecule has 0 spiro atoms. The van der Waals surface area contributed by atoms with Crippen molar-refractivity contribution in [3.63, 3.8) is 0 Å². The van der Waals surface area contributed by atoms with Crippen molar-refractivity contribution in [1.29, 1.82) is 0 Å². The quantitative estimate of drug-likeness (QED) is 0.516. The van der Waals surface area contributed by atoms with Crippen LogP contribution in [0.3, 0.4) is 0 Å². The largest absolute Gasteiger partial charge is 0.271 e. The third-order valence-corrected chi connectivity index (χ3v) is 7.53. The summed E-state index contributed by atoms with van der Waals surface area (Å²) in [5.41, 5.74) is 1.34. The number of hydrogen-bond donors (Lipinski definition) is 1. The summed E-state index contributed by atoms with van der Waals surface area (Å²) in [6.07, 6.45) is 0. The molecule has 0 fully saturated rings. The van der Waals surface area contributed by atoms with Gasteiger partial charge in [-0.2, -0.15) is 5.10 Å². The van der Waals surface area contributed by atoms with E-state index in [-0.39, 0.29) is 4.90 Å². The van der Waals surface area contributed by atoms with Gasteiger partial charge in [0.2, 0.25) is 10.0 Å². The lowest BCUT2D eigenvalue weighted by Crippen LogP contribution is -2.33. The molecule has 1 aromatic heterocycles. The summed E-state index contributed by atoms with van der Waals surface area (Å²) in [7, 11) is -3.80. The fourth-order valence-electron chi connectivity index (χ4n) is 2.57. The third kappa shape index (κ3) is 5.29. The molecule has 3 rings (SSSR count). The highest BCUT2D eigenvalue weighted by Crippen LogP contribution is 2.33. The topological polar surface area (TPSA) is 81.1 Å². The molecule has 0 saturated heterocycles. The molecule has 0 aliphatic heterocycles. The fourth-order valence-corrected chi connectivity index (χ4v) is 4.86. The summed E-state index contributed by atoms with van der Waals surface area (Å²) >= 11 is 10.6. The van der Waals surface area contributed by atoms with Gasteiger partial charge in [-0.25, -0.2) is 17.8 Å². The zero-order chi connectivity index (χ0) is 21.2. The normalized spacial score (nSPS) is 11.6. The molecular weight excluding hydrogens is 498 g/mol. The molecular formula is C19H17BrClN3O3S2. The molecule has 0 aliphatic rings. The number of halogens is 2. The fraction of sp³-hybridized carbons (Fsp3) is 0.158. The maximum absolute atomic E-state index is 12.6. The van der Waals surface area contributed by atoms with Crippen LogP contribution in [0, 0.1) is 13.8 Å². The average molecular weight is 515 g/mol. The minimum atomic E-state index is -3.80. The first-order valence-electron chi connectivity index (χ1n) is 8.45. The van der Waals surface area contributed by atoms with E-state index in [2.05, 4.69) is 25.8 Å². The first kappa shape index (κ1) is 22.0. The van der Waals surface area contributed by atoms with Crippen LogP contribution in [0.5, 0.6) is 0 Å². The number of carbonyl (C=O) groups is 1. The predicted octanol–water partition coefficient (Wildman–Crippen LogP) is 4.69. The van der Waals surface area contributed by atoms with Crippen LogP contribution >= 0.6 is 39.3 Å². The van der Waals surface area contributed by atoms with Gasteiger partial charge >= 0.3 is 0 Å². The lowest BCUT2D eigenvalue weighted by molar-refractivity contribution is 0.0900. The highest BCUT2D eigenvalue weighted by atomic mass is 79.9. The molecule has 3 aromatic rings. The Morgan fingerprint density at radius 1 is 1.14 bits per heavy atom. The molecule has 0 radical (unpaired) electrons. The van der Waals surface area contributed by atoms with E-state index in [1.165, 1.54) is 28.6 Å². The van der Waals surface area contributed by atoms with Crippen molar-refractivity contribution < 1.29 is 13.2 Å². The van der Waals surface area contributed by atoms with Gasteiger partial charge in [-0.1, -0.05) is 39.3 Å². The lowest BCUT2D eigenvalue weighted by Gasteiger charge is -2.08. The molecule has 0 bridgehead atoms. The van der Waals surface area contributed by atoms with Crippen LogP contribution in [-0.4, -0.2) is 30.7 Å².